The topological polar surface area (TPSA) is 142 Å². The number of urea groups is 1. The van der Waals surface area contributed by atoms with E-state index in [1.54, 1.807) is 6.33 Å². The Kier molecular flexibility index (Phi) is 7.47. The van der Waals surface area contributed by atoms with Crippen molar-refractivity contribution in [3.63, 3.8) is 0 Å². The van der Waals surface area contributed by atoms with Crippen molar-refractivity contribution in [1.29, 1.82) is 0 Å². The zero-order chi connectivity index (χ0) is 28.7. The lowest BCUT2D eigenvalue weighted by Gasteiger charge is -2.29. The summed E-state index contributed by atoms with van der Waals surface area (Å²) in [5, 5.41) is 5.86. The summed E-state index contributed by atoms with van der Waals surface area (Å²) >= 11 is 0. The van der Waals surface area contributed by atoms with Crippen molar-refractivity contribution in [3.8, 4) is 0 Å². The number of anilines is 2. The second kappa shape index (κ2) is 10.6. The number of imidazole rings is 1. The first-order valence-corrected chi connectivity index (χ1v) is 13.7. The van der Waals surface area contributed by atoms with Gasteiger partial charge in [0.1, 0.15) is 24.1 Å². The van der Waals surface area contributed by atoms with E-state index in [1.807, 2.05) is 42.7 Å². The molecule has 0 saturated carbocycles. The smallest absolute Gasteiger partial charge is 0.319 e. The van der Waals surface area contributed by atoms with Crippen LogP contribution in [0.3, 0.4) is 0 Å². The van der Waals surface area contributed by atoms with Crippen molar-refractivity contribution in [1.82, 2.24) is 29.7 Å². The van der Waals surface area contributed by atoms with Crippen LogP contribution in [0.1, 0.15) is 47.1 Å². The summed E-state index contributed by atoms with van der Waals surface area (Å²) in [5.74, 6) is -0.523. The van der Waals surface area contributed by atoms with Gasteiger partial charge in [0, 0.05) is 25.3 Å². The van der Waals surface area contributed by atoms with Crippen LogP contribution in [0.4, 0.5) is 16.3 Å². The Bertz CT molecular complexity index is 1350. The van der Waals surface area contributed by atoms with Gasteiger partial charge in [-0.3, -0.25) is 9.47 Å². The number of benzene rings is 1. The first-order chi connectivity index (χ1) is 18.9. The molecule has 3 unspecified atom stereocenters. The molecule has 2 aliphatic heterocycles. The molecule has 3 aromatic rings. The molecular weight excluding hydrogens is 512 g/mol. The van der Waals surface area contributed by atoms with Crippen LogP contribution in [-0.4, -0.2) is 81.2 Å². The number of nitrogens with zero attached hydrogens (tertiary/aromatic N) is 5. The highest BCUT2D eigenvalue weighted by Gasteiger charge is 2.63. The van der Waals surface area contributed by atoms with Crippen LogP contribution < -0.4 is 16.4 Å². The highest BCUT2D eigenvalue weighted by atomic mass is 16.8. The van der Waals surface area contributed by atoms with Crippen molar-refractivity contribution in [2.24, 2.45) is 0 Å². The number of nitrogens with two attached hydrogens (primary N) is 1. The molecule has 12 nitrogen and oxygen atoms in total. The van der Waals surface area contributed by atoms with Gasteiger partial charge in [0.15, 0.2) is 17.3 Å². The molecule has 0 bridgehead atoms. The Balaban J connectivity index is 1.20. The lowest BCUT2D eigenvalue weighted by atomic mass is 9.87. The normalized spacial score (nSPS) is 24.0. The molecule has 40 heavy (non-hydrogen) atoms. The van der Waals surface area contributed by atoms with Crippen molar-refractivity contribution < 1.29 is 19.0 Å². The monoisotopic (exact) mass is 552 g/mol. The summed E-state index contributed by atoms with van der Waals surface area (Å²) in [6, 6.07) is 7.70. The molecule has 0 spiro atoms. The van der Waals surface area contributed by atoms with E-state index in [4.69, 9.17) is 19.9 Å². The van der Waals surface area contributed by atoms with E-state index in [9.17, 15) is 4.79 Å². The number of amides is 2. The number of ether oxygens (including phenoxy) is 3. The third-order valence-electron chi connectivity index (χ3n) is 7.50. The van der Waals surface area contributed by atoms with Crippen LogP contribution in [0.5, 0.6) is 0 Å². The largest absolute Gasteiger partial charge is 0.382 e. The summed E-state index contributed by atoms with van der Waals surface area (Å²) < 4.78 is 21.0. The van der Waals surface area contributed by atoms with Crippen molar-refractivity contribution in [3.05, 3.63) is 42.5 Å². The number of rotatable bonds is 8. The first kappa shape index (κ1) is 28.2. The van der Waals surface area contributed by atoms with Crippen LogP contribution in [0, 0.1) is 0 Å². The molecule has 2 fully saturated rings. The average Bonchev–Trinajstić information content (AvgIpc) is 3.54. The quantitative estimate of drug-likeness (QED) is 0.384. The zero-order valence-electron chi connectivity index (χ0n) is 24.1. The Hall–Kier alpha value is -3.32. The molecule has 2 aromatic heterocycles. The van der Waals surface area contributed by atoms with Crippen molar-refractivity contribution in [2.75, 3.05) is 43.8 Å². The van der Waals surface area contributed by atoms with E-state index in [-0.39, 0.29) is 24.2 Å². The molecule has 2 saturated heterocycles. The maximum Gasteiger partial charge on any atom is 0.319 e. The maximum atomic E-state index is 12.5. The Morgan fingerprint density at radius 2 is 1.95 bits per heavy atom. The van der Waals surface area contributed by atoms with Crippen LogP contribution >= 0.6 is 0 Å². The highest BCUT2D eigenvalue weighted by molar-refractivity contribution is 5.89. The molecule has 5 rings (SSSR count). The predicted molar refractivity (Wildman–Crippen MR) is 152 cm³/mol. The lowest BCUT2D eigenvalue weighted by molar-refractivity contribution is -0.205. The summed E-state index contributed by atoms with van der Waals surface area (Å²) in [6.07, 6.45) is 2.40. The standard InChI is InChI=1S/C28H40N8O4/c1-7-35(13-12-30-25(37)34-19-10-8-18(9-11-19)26(2,3)4)14-20-22-28(15-38-20,40-27(5,6)39-22)36-17-33-21-23(29)31-16-32-24(21)36/h8-11,16-17,20,22H,7,12-15H2,1-6H3,(H2,29,31,32)(H2,30,34,37). The molecule has 2 aliphatic rings. The van der Waals surface area contributed by atoms with E-state index in [0.29, 0.717) is 36.6 Å². The number of aromatic nitrogens is 4. The molecule has 1 aromatic carbocycles. The second-order valence-electron chi connectivity index (χ2n) is 11.9. The second-order valence-corrected chi connectivity index (χ2v) is 11.9. The molecule has 12 heteroatoms. The molecule has 216 valence electrons. The number of hydrogen-bond donors (Lipinski definition) is 3. The Morgan fingerprint density at radius 3 is 2.65 bits per heavy atom. The molecule has 2 amide bonds. The molecule has 3 atom stereocenters. The molecule has 0 radical (unpaired) electrons. The van der Waals surface area contributed by atoms with Gasteiger partial charge >= 0.3 is 6.03 Å². The lowest BCUT2D eigenvalue weighted by Crippen LogP contribution is -2.47. The molecular formula is C28H40N8O4. The molecule has 0 aliphatic carbocycles. The number of carbonyl (C=O) groups excluding carboxylic acids is 1. The SMILES string of the molecule is CCN(CCNC(=O)Nc1ccc(C(C)(C)C)cc1)CC1OCC2(n3cnc4c(N)ncnc43)OC(C)(C)OC12. The molecule has 4 heterocycles. The Labute approximate surface area is 234 Å². The van der Waals surface area contributed by atoms with Gasteiger partial charge in [-0.15, -0.1) is 0 Å². The van der Waals surface area contributed by atoms with Gasteiger partial charge in [-0.05, 0) is 43.5 Å². The van der Waals surface area contributed by atoms with E-state index < -0.39 is 17.6 Å². The summed E-state index contributed by atoms with van der Waals surface area (Å²) in [5.41, 5.74) is 8.20. The minimum Gasteiger partial charge on any atom is -0.382 e. The van der Waals surface area contributed by atoms with Crippen LogP contribution in [-0.2, 0) is 25.4 Å². The summed E-state index contributed by atoms with van der Waals surface area (Å²) in [6.45, 7) is 15.1. The van der Waals surface area contributed by atoms with Crippen molar-refractivity contribution >= 4 is 28.7 Å². The number of nitrogens with one attached hydrogen (secondary N) is 2. The highest BCUT2D eigenvalue weighted by Crippen LogP contribution is 2.47. The molecule has 4 N–H and O–H groups in total. The van der Waals surface area contributed by atoms with Gasteiger partial charge in [-0.2, -0.15) is 0 Å². The van der Waals surface area contributed by atoms with E-state index in [2.05, 4.69) is 58.2 Å². The number of hydrogen-bond acceptors (Lipinski definition) is 9. The number of fused-ring (bicyclic) bond motifs is 2. The van der Waals surface area contributed by atoms with E-state index in [0.717, 1.165) is 12.2 Å². The van der Waals surface area contributed by atoms with Gasteiger partial charge < -0.3 is 30.6 Å². The minimum absolute atomic E-state index is 0.0629. The average molecular weight is 553 g/mol. The number of carbonyl (C=O) groups is 1. The van der Waals surface area contributed by atoms with Crippen molar-refractivity contribution in [2.45, 2.75) is 70.7 Å². The number of nitrogen functional groups attached to an aromatic ring is 1. The predicted octanol–water partition coefficient (Wildman–Crippen LogP) is 3.05. The van der Waals surface area contributed by atoms with Gasteiger partial charge in [0.25, 0.3) is 0 Å². The summed E-state index contributed by atoms with van der Waals surface area (Å²) in [4.78, 5) is 27.6. The van der Waals surface area contributed by atoms with E-state index >= 15 is 0 Å². The van der Waals surface area contributed by atoms with Gasteiger partial charge in [-0.1, -0.05) is 39.8 Å². The third kappa shape index (κ3) is 5.49. The fourth-order valence-electron chi connectivity index (χ4n) is 5.42. The van der Waals surface area contributed by atoms with Gasteiger partial charge in [0.2, 0.25) is 5.72 Å². The fraction of sp³-hybridized carbons (Fsp3) is 0.571. The fourth-order valence-corrected chi connectivity index (χ4v) is 5.42. The van der Waals surface area contributed by atoms with Crippen LogP contribution in [0.25, 0.3) is 11.2 Å². The first-order valence-electron chi connectivity index (χ1n) is 13.7. The van der Waals surface area contributed by atoms with Gasteiger partial charge in [-0.25, -0.2) is 19.7 Å². The zero-order valence-corrected chi connectivity index (χ0v) is 24.1. The minimum atomic E-state index is -0.941. The van der Waals surface area contributed by atoms with E-state index in [1.165, 1.54) is 11.9 Å². The van der Waals surface area contributed by atoms with Crippen LogP contribution in [0.15, 0.2) is 36.9 Å². The maximum absolute atomic E-state index is 12.5. The summed E-state index contributed by atoms with van der Waals surface area (Å²) in [7, 11) is 0. The van der Waals surface area contributed by atoms with Gasteiger partial charge in [0.05, 0.1) is 12.9 Å². The van der Waals surface area contributed by atoms with Crippen LogP contribution in [0.2, 0.25) is 0 Å². The Morgan fingerprint density at radius 1 is 1.20 bits per heavy atom. The number of likely N-dealkylation sites (N-methyl/N-ethyl adjacent to an activating group) is 1. The third-order valence-corrected chi connectivity index (χ3v) is 7.50.